The van der Waals surface area contributed by atoms with Crippen LogP contribution >= 0.6 is 11.6 Å². The summed E-state index contributed by atoms with van der Waals surface area (Å²) in [6, 6.07) is 11.1. The van der Waals surface area contributed by atoms with E-state index in [4.69, 9.17) is 16.3 Å². The van der Waals surface area contributed by atoms with Gasteiger partial charge in [-0.25, -0.2) is 4.79 Å². The van der Waals surface area contributed by atoms with Crippen molar-refractivity contribution in [2.24, 2.45) is 0 Å². The normalized spacial score (nSPS) is 10.8. The molecule has 0 unspecified atom stereocenters. The molecule has 2 aromatic carbocycles. The zero-order valence-electron chi connectivity index (χ0n) is 13.5. The quantitative estimate of drug-likeness (QED) is 0.750. The van der Waals surface area contributed by atoms with E-state index >= 15 is 0 Å². The number of carbonyl (C=O) groups excluding carboxylic acids is 3. The average Bonchev–Trinajstić information content (AvgIpc) is 2.61. The Bertz CT molecular complexity index is 871. The third kappa shape index (κ3) is 6.00. The molecule has 6 nitrogen and oxygen atoms in total. The summed E-state index contributed by atoms with van der Waals surface area (Å²) in [5, 5.41) is 4.35. The standard InChI is InChI=1S/C17H12ClF3N2O4/c18-12-6-1-2-7-13(12)23-14(24)9-27-15(25)10-4-3-5-11(8-10)22-16(26)17(19,20)21/h1-8H,9H2,(H,22,26)(H,23,24). The number of halogens is 4. The van der Waals surface area contributed by atoms with Crippen LogP contribution in [0, 0.1) is 0 Å². The summed E-state index contributed by atoms with van der Waals surface area (Å²) in [6.07, 6.45) is -5.06. The predicted molar refractivity (Wildman–Crippen MR) is 91.5 cm³/mol. The lowest BCUT2D eigenvalue weighted by Crippen LogP contribution is -2.30. The lowest BCUT2D eigenvalue weighted by atomic mass is 10.2. The number of rotatable bonds is 5. The van der Waals surface area contributed by atoms with Crippen LogP contribution in [0.3, 0.4) is 0 Å². The molecule has 0 aliphatic rings. The number of para-hydroxylation sites is 1. The minimum atomic E-state index is -5.06. The van der Waals surface area contributed by atoms with Gasteiger partial charge in [-0.2, -0.15) is 13.2 Å². The largest absolute Gasteiger partial charge is 0.471 e. The van der Waals surface area contributed by atoms with Gasteiger partial charge in [0, 0.05) is 5.69 Å². The van der Waals surface area contributed by atoms with Gasteiger partial charge in [0.05, 0.1) is 16.3 Å². The number of anilines is 2. The van der Waals surface area contributed by atoms with E-state index in [1.165, 1.54) is 18.2 Å². The van der Waals surface area contributed by atoms with E-state index in [0.717, 1.165) is 6.07 Å². The second kappa shape index (κ2) is 8.54. The molecule has 10 heteroatoms. The lowest BCUT2D eigenvalue weighted by molar-refractivity contribution is -0.167. The Kier molecular flexibility index (Phi) is 6.40. The Morgan fingerprint density at radius 1 is 1.00 bits per heavy atom. The fourth-order valence-electron chi connectivity index (χ4n) is 1.89. The maximum Gasteiger partial charge on any atom is 0.471 e. The van der Waals surface area contributed by atoms with Crippen molar-refractivity contribution in [2.75, 3.05) is 17.2 Å². The average molecular weight is 401 g/mol. The number of benzene rings is 2. The highest BCUT2D eigenvalue weighted by molar-refractivity contribution is 6.33. The zero-order chi connectivity index (χ0) is 20.0. The number of carbonyl (C=O) groups is 3. The van der Waals surface area contributed by atoms with Crippen molar-refractivity contribution in [2.45, 2.75) is 6.18 Å². The summed E-state index contributed by atoms with van der Waals surface area (Å²) < 4.78 is 41.6. The summed E-state index contributed by atoms with van der Waals surface area (Å²) in [4.78, 5) is 34.6. The van der Waals surface area contributed by atoms with Crippen molar-refractivity contribution in [1.82, 2.24) is 0 Å². The number of ether oxygens (including phenoxy) is 1. The lowest BCUT2D eigenvalue weighted by Gasteiger charge is -2.10. The molecular formula is C17H12ClF3N2O4. The molecule has 2 rings (SSSR count). The zero-order valence-corrected chi connectivity index (χ0v) is 14.2. The van der Waals surface area contributed by atoms with Crippen LogP contribution in [0.2, 0.25) is 5.02 Å². The van der Waals surface area contributed by atoms with Crippen molar-refractivity contribution >= 4 is 40.8 Å². The molecule has 0 aromatic heterocycles. The number of amides is 2. The fourth-order valence-corrected chi connectivity index (χ4v) is 2.07. The van der Waals surface area contributed by atoms with Crippen molar-refractivity contribution in [1.29, 1.82) is 0 Å². The second-order valence-electron chi connectivity index (χ2n) is 5.14. The Hall–Kier alpha value is -3.07. The summed E-state index contributed by atoms with van der Waals surface area (Å²) in [6.45, 7) is -0.636. The molecule has 0 bridgehead atoms. The first-order chi connectivity index (χ1) is 12.7. The maximum atomic E-state index is 12.3. The molecule has 0 heterocycles. The van der Waals surface area contributed by atoms with E-state index < -0.39 is 30.6 Å². The minimum absolute atomic E-state index is 0.138. The van der Waals surface area contributed by atoms with Gasteiger partial charge in [0.15, 0.2) is 6.61 Å². The molecule has 27 heavy (non-hydrogen) atoms. The molecule has 0 aliphatic carbocycles. The molecule has 2 amide bonds. The summed E-state index contributed by atoms with van der Waals surface area (Å²) in [7, 11) is 0. The molecule has 0 atom stereocenters. The van der Waals surface area contributed by atoms with Gasteiger partial charge in [-0.15, -0.1) is 0 Å². The first-order valence-electron chi connectivity index (χ1n) is 7.36. The van der Waals surface area contributed by atoms with Crippen molar-refractivity contribution in [3.8, 4) is 0 Å². The molecule has 0 spiro atoms. The highest BCUT2D eigenvalue weighted by Crippen LogP contribution is 2.21. The topological polar surface area (TPSA) is 84.5 Å². The van der Waals surface area contributed by atoms with Crippen LogP contribution in [0.4, 0.5) is 24.5 Å². The monoisotopic (exact) mass is 400 g/mol. The summed E-state index contributed by atoms with van der Waals surface area (Å²) in [5.41, 5.74) is -0.0510. The van der Waals surface area contributed by atoms with Crippen LogP contribution < -0.4 is 10.6 Å². The van der Waals surface area contributed by atoms with Gasteiger partial charge in [-0.05, 0) is 30.3 Å². The number of nitrogens with one attached hydrogen (secondary N) is 2. The first kappa shape index (κ1) is 20.2. The van der Waals surface area contributed by atoms with Gasteiger partial charge in [-0.1, -0.05) is 29.8 Å². The molecule has 0 saturated heterocycles. The maximum absolute atomic E-state index is 12.3. The SMILES string of the molecule is O=C(COC(=O)c1cccc(NC(=O)C(F)(F)F)c1)Nc1ccccc1Cl. The van der Waals surface area contributed by atoms with Crippen LogP contribution in [-0.4, -0.2) is 30.6 Å². The van der Waals surface area contributed by atoms with E-state index in [0.29, 0.717) is 10.7 Å². The Morgan fingerprint density at radius 3 is 2.37 bits per heavy atom. The minimum Gasteiger partial charge on any atom is -0.452 e. The Balaban J connectivity index is 1.94. The highest BCUT2D eigenvalue weighted by Gasteiger charge is 2.38. The van der Waals surface area contributed by atoms with Crippen LogP contribution in [0.15, 0.2) is 48.5 Å². The van der Waals surface area contributed by atoms with Gasteiger partial charge < -0.3 is 15.4 Å². The van der Waals surface area contributed by atoms with Crippen LogP contribution in [0.5, 0.6) is 0 Å². The fraction of sp³-hybridized carbons (Fsp3) is 0.118. The van der Waals surface area contributed by atoms with Gasteiger partial charge in [0.2, 0.25) is 0 Å². The molecule has 0 radical (unpaired) electrons. The van der Waals surface area contributed by atoms with E-state index in [1.807, 2.05) is 0 Å². The number of alkyl halides is 3. The van der Waals surface area contributed by atoms with Crippen LogP contribution in [-0.2, 0) is 14.3 Å². The molecule has 0 fully saturated rings. The second-order valence-corrected chi connectivity index (χ2v) is 5.54. The van der Waals surface area contributed by atoms with Gasteiger partial charge in [0.25, 0.3) is 5.91 Å². The smallest absolute Gasteiger partial charge is 0.452 e. The molecule has 0 aliphatic heterocycles. The van der Waals surface area contributed by atoms with Crippen LogP contribution in [0.25, 0.3) is 0 Å². The molecule has 2 N–H and O–H groups in total. The third-order valence-corrected chi connectivity index (χ3v) is 3.43. The molecule has 142 valence electrons. The Morgan fingerprint density at radius 2 is 1.70 bits per heavy atom. The number of esters is 1. The number of hydrogen-bond acceptors (Lipinski definition) is 4. The third-order valence-electron chi connectivity index (χ3n) is 3.10. The van der Waals surface area contributed by atoms with E-state index in [9.17, 15) is 27.6 Å². The van der Waals surface area contributed by atoms with Gasteiger partial charge >= 0.3 is 18.1 Å². The summed E-state index contributed by atoms with van der Waals surface area (Å²) >= 11 is 5.88. The van der Waals surface area contributed by atoms with Gasteiger partial charge in [0.1, 0.15) is 0 Å². The van der Waals surface area contributed by atoms with Crippen molar-refractivity contribution in [3.05, 3.63) is 59.1 Å². The van der Waals surface area contributed by atoms with Crippen molar-refractivity contribution < 1.29 is 32.3 Å². The van der Waals surface area contributed by atoms with E-state index in [2.05, 4.69) is 5.32 Å². The van der Waals surface area contributed by atoms with Gasteiger partial charge in [-0.3, -0.25) is 9.59 Å². The highest BCUT2D eigenvalue weighted by atomic mass is 35.5. The van der Waals surface area contributed by atoms with Crippen molar-refractivity contribution in [3.63, 3.8) is 0 Å². The van der Waals surface area contributed by atoms with E-state index in [1.54, 1.807) is 29.6 Å². The summed E-state index contributed by atoms with van der Waals surface area (Å²) in [5.74, 6) is -3.78. The Labute approximate surface area is 156 Å². The number of hydrogen-bond donors (Lipinski definition) is 2. The molecule has 2 aromatic rings. The predicted octanol–water partition coefficient (Wildman–Crippen LogP) is 3.64. The molecular weight excluding hydrogens is 389 g/mol. The first-order valence-corrected chi connectivity index (χ1v) is 7.74. The van der Waals surface area contributed by atoms with Crippen LogP contribution in [0.1, 0.15) is 10.4 Å². The molecule has 0 saturated carbocycles. The van der Waals surface area contributed by atoms with E-state index in [-0.39, 0.29) is 11.3 Å².